The van der Waals surface area contributed by atoms with Gasteiger partial charge in [0.05, 0.1) is 4.90 Å². The maximum Gasteiger partial charge on any atom is 0.404 e. The van der Waals surface area contributed by atoms with Crippen molar-refractivity contribution in [2.75, 3.05) is 13.1 Å². The number of nitrogens with one attached hydrogen (secondary N) is 1. The van der Waals surface area contributed by atoms with Gasteiger partial charge in [0, 0.05) is 25.9 Å². The van der Waals surface area contributed by atoms with Gasteiger partial charge in [-0.05, 0) is 35.7 Å². The highest BCUT2D eigenvalue weighted by Gasteiger charge is 2.43. The summed E-state index contributed by atoms with van der Waals surface area (Å²) in [5, 5.41) is 22.6. The van der Waals surface area contributed by atoms with Gasteiger partial charge >= 0.3 is 6.09 Å². The molecule has 7 nitrogen and oxygen atoms in total. The number of sulfonamides is 1. The van der Waals surface area contributed by atoms with Gasteiger partial charge in [0.2, 0.25) is 10.0 Å². The summed E-state index contributed by atoms with van der Waals surface area (Å²) in [5.41, 5.74) is -1.21. The summed E-state index contributed by atoms with van der Waals surface area (Å²) in [5.74, 6) is -0.704. The highest BCUT2D eigenvalue weighted by Crippen LogP contribution is 2.30. The van der Waals surface area contributed by atoms with E-state index in [4.69, 9.17) is 5.11 Å². The van der Waals surface area contributed by atoms with Crippen LogP contribution >= 0.6 is 0 Å². The molecule has 0 heterocycles. The summed E-state index contributed by atoms with van der Waals surface area (Å²) in [4.78, 5) is 10.7. The second kappa shape index (κ2) is 10.0. The minimum atomic E-state index is -4.20. The molecule has 0 aliphatic heterocycles. The van der Waals surface area contributed by atoms with E-state index < -0.39 is 27.7 Å². The lowest BCUT2D eigenvalue weighted by molar-refractivity contribution is -0.0701. The Morgan fingerprint density at radius 2 is 1.73 bits per heavy atom. The molecule has 0 fully saturated rings. The molecule has 9 heteroatoms. The van der Waals surface area contributed by atoms with Gasteiger partial charge in [-0.25, -0.2) is 17.6 Å². The summed E-state index contributed by atoms with van der Waals surface area (Å²) >= 11 is 0. The smallest absolute Gasteiger partial charge is 0.404 e. The molecule has 0 spiro atoms. The third-order valence-electron chi connectivity index (χ3n) is 4.53. The van der Waals surface area contributed by atoms with E-state index in [2.05, 4.69) is 5.32 Å². The van der Waals surface area contributed by atoms with Crippen molar-refractivity contribution < 1.29 is 27.8 Å². The zero-order valence-electron chi connectivity index (χ0n) is 17.0. The third-order valence-corrected chi connectivity index (χ3v) is 6.47. The average Bonchev–Trinajstić information content (AvgIpc) is 2.66. The molecule has 0 aliphatic carbocycles. The molecule has 0 aromatic heterocycles. The summed E-state index contributed by atoms with van der Waals surface area (Å²) in [6.45, 7) is 3.47. The molecule has 1 unspecified atom stereocenters. The quantitative estimate of drug-likeness (QED) is 0.494. The zero-order valence-corrected chi connectivity index (χ0v) is 17.8. The Morgan fingerprint density at radius 3 is 2.27 bits per heavy atom. The molecule has 1 atom stereocenters. The normalized spacial score (nSPS) is 13.9. The predicted molar refractivity (Wildman–Crippen MR) is 111 cm³/mol. The van der Waals surface area contributed by atoms with E-state index in [9.17, 15) is 22.7 Å². The number of aliphatic hydroxyl groups is 1. The standard InChI is InChI=1S/C21H27FN2O5S/c1-16(2)15-24(30(28,29)19-10-8-18(22)9-11-19)21(27,12-13-23-20(25)26)14-17-6-4-3-5-7-17/h3-11,16,23,27H,12-15H2,1-2H3,(H,25,26). The van der Waals surface area contributed by atoms with Crippen molar-refractivity contribution in [1.29, 1.82) is 0 Å². The second-order valence-corrected chi connectivity index (χ2v) is 9.37. The highest BCUT2D eigenvalue weighted by atomic mass is 32.2. The molecule has 1 amide bonds. The van der Waals surface area contributed by atoms with Crippen molar-refractivity contribution in [2.24, 2.45) is 5.92 Å². The number of amides is 1. The van der Waals surface area contributed by atoms with Gasteiger partial charge in [0.25, 0.3) is 0 Å². The molecule has 0 saturated heterocycles. The van der Waals surface area contributed by atoms with Gasteiger partial charge in [-0.1, -0.05) is 44.2 Å². The van der Waals surface area contributed by atoms with Gasteiger partial charge in [-0.3, -0.25) is 0 Å². The SMILES string of the molecule is CC(C)CN(C(O)(CCNC(=O)O)Cc1ccccc1)S(=O)(=O)c1ccc(F)cc1. The van der Waals surface area contributed by atoms with Crippen LogP contribution in [0.1, 0.15) is 25.8 Å². The monoisotopic (exact) mass is 438 g/mol. The molecule has 0 saturated carbocycles. The number of carboxylic acid groups (broad SMARTS) is 1. The number of carbonyl (C=O) groups is 1. The summed E-state index contributed by atoms with van der Waals surface area (Å²) in [7, 11) is -4.20. The third kappa shape index (κ3) is 6.25. The minimum absolute atomic E-state index is 0.00385. The van der Waals surface area contributed by atoms with Crippen LogP contribution in [0.4, 0.5) is 9.18 Å². The molecular weight excluding hydrogens is 411 g/mol. The van der Waals surface area contributed by atoms with Crippen LogP contribution in [0, 0.1) is 11.7 Å². The summed E-state index contributed by atoms with van der Waals surface area (Å²) < 4.78 is 41.2. The van der Waals surface area contributed by atoms with Crippen molar-refractivity contribution in [2.45, 2.75) is 37.3 Å². The Bertz CT molecular complexity index is 936. The number of halogens is 1. The minimum Gasteiger partial charge on any atom is -0.465 e. The maximum absolute atomic E-state index is 13.4. The van der Waals surface area contributed by atoms with E-state index in [0.717, 1.165) is 28.6 Å². The maximum atomic E-state index is 13.4. The van der Waals surface area contributed by atoms with E-state index in [1.165, 1.54) is 0 Å². The van der Waals surface area contributed by atoms with Crippen LogP contribution in [0.2, 0.25) is 0 Å². The largest absolute Gasteiger partial charge is 0.465 e. The molecule has 2 aromatic rings. The van der Waals surface area contributed by atoms with Gasteiger partial charge in [-0.15, -0.1) is 0 Å². The number of hydrogen-bond donors (Lipinski definition) is 3. The molecule has 0 radical (unpaired) electrons. The first kappa shape index (κ1) is 23.8. The Labute approximate surface area is 176 Å². The number of nitrogens with zero attached hydrogens (tertiary/aromatic N) is 1. The number of hydrogen-bond acceptors (Lipinski definition) is 4. The van der Waals surface area contributed by atoms with E-state index in [1.807, 2.05) is 13.8 Å². The molecule has 30 heavy (non-hydrogen) atoms. The zero-order chi connectivity index (χ0) is 22.4. The average molecular weight is 439 g/mol. The summed E-state index contributed by atoms with van der Waals surface area (Å²) in [6.07, 6.45) is -1.47. The van der Waals surface area contributed by atoms with E-state index in [0.29, 0.717) is 5.56 Å². The highest BCUT2D eigenvalue weighted by molar-refractivity contribution is 7.89. The first-order chi connectivity index (χ1) is 14.0. The number of benzene rings is 2. The van der Waals surface area contributed by atoms with Gasteiger partial charge in [-0.2, -0.15) is 4.31 Å². The Balaban J connectivity index is 2.50. The summed E-state index contributed by atoms with van der Waals surface area (Å²) in [6, 6.07) is 13.2. The predicted octanol–water partition coefficient (Wildman–Crippen LogP) is 3.06. The van der Waals surface area contributed by atoms with E-state index >= 15 is 0 Å². The van der Waals surface area contributed by atoms with Crippen LogP contribution in [0.5, 0.6) is 0 Å². The van der Waals surface area contributed by atoms with Gasteiger partial charge in [0.1, 0.15) is 11.5 Å². The van der Waals surface area contributed by atoms with E-state index in [1.54, 1.807) is 30.3 Å². The molecule has 0 aliphatic rings. The fraction of sp³-hybridized carbons (Fsp3) is 0.381. The van der Waals surface area contributed by atoms with Crippen molar-refractivity contribution in [3.8, 4) is 0 Å². The first-order valence-electron chi connectivity index (χ1n) is 9.56. The fourth-order valence-corrected chi connectivity index (χ4v) is 4.98. The molecule has 3 N–H and O–H groups in total. The molecule has 164 valence electrons. The fourth-order valence-electron chi connectivity index (χ4n) is 3.15. The van der Waals surface area contributed by atoms with Crippen LogP contribution in [0.3, 0.4) is 0 Å². The van der Waals surface area contributed by atoms with Crippen LogP contribution < -0.4 is 5.32 Å². The van der Waals surface area contributed by atoms with Crippen LogP contribution in [0.25, 0.3) is 0 Å². The van der Waals surface area contributed by atoms with Crippen molar-refractivity contribution in [1.82, 2.24) is 9.62 Å². The van der Waals surface area contributed by atoms with Crippen LogP contribution in [-0.4, -0.2) is 47.8 Å². The van der Waals surface area contributed by atoms with Crippen LogP contribution in [-0.2, 0) is 16.4 Å². The molecule has 2 rings (SSSR count). The second-order valence-electron chi connectivity index (χ2n) is 7.51. The van der Waals surface area contributed by atoms with Crippen molar-refractivity contribution in [3.05, 3.63) is 66.0 Å². The van der Waals surface area contributed by atoms with Crippen LogP contribution in [0.15, 0.2) is 59.5 Å². The molecule has 0 bridgehead atoms. The first-order valence-corrected chi connectivity index (χ1v) is 11.0. The van der Waals surface area contributed by atoms with Crippen molar-refractivity contribution >= 4 is 16.1 Å². The Morgan fingerprint density at radius 1 is 1.13 bits per heavy atom. The Kier molecular flexibility index (Phi) is 7.94. The Hall–Kier alpha value is -2.49. The molecular formula is C21H27FN2O5S. The molecule has 2 aromatic carbocycles. The van der Waals surface area contributed by atoms with Gasteiger partial charge < -0.3 is 15.5 Å². The van der Waals surface area contributed by atoms with Crippen molar-refractivity contribution in [3.63, 3.8) is 0 Å². The topological polar surface area (TPSA) is 107 Å². The lowest BCUT2D eigenvalue weighted by Crippen LogP contribution is -2.55. The van der Waals surface area contributed by atoms with E-state index in [-0.39, 0.29) is 36.7 Å². The number of rotatable bonds is 10. The lowest BCUT2D eigenvalue weighted by atomic mass is 9.98. The lowest BCUT2D eigenvalue weighted by Gasteiger charge is -2.40. The van der Waals surface area contributed by atoms with Gasteiger partial charge in [0.15, 0.2) is 0 Å².